The summed E-state index contributed by atoms with van der Waals surface area (Å²) < 4.78 is 1.86. The number of hydrogen-bond acceptors (Lipinski definition) is 4. The van der Waals surface area contributed by atoms with Gasteiger partial charge in [-0.25, -0.2) is 9.67 Å². The fourth-order valence-electron chi connectivity index (χ4n) is 1.97. The highest BCUT2D eigenvalue weighted by Gasteiger charge is 2.05. The van der Waals surface area contributed by atoms with E-state index in [2.05, 4.69) is 27.6 Å². The molecule has 2 N–H and O–H groups in total. The van der Waals surface area contributed by atoms with Crippen molar-refractivity contribution in [3.05, 3.63) is 48.0 Å². The SMILES string of the molecule is CCCn1ncnc1CNCC(=O)NCc1ccccc1. The molecule has 0 aliphatic rings. The Balaban J connectivity index is 1.68. The van der Waals surface area contributed by atoms with Crippen LogP contribution in [0.5, 0.6) is 0 Å². The number of nitrogens with zero attached hydrogens (tertiary/aromatic N) is 3. The van der Waals surface area contributed by atoms with Gasteiger partial charge in [-0.05, 0) is 12.0 Å². The maximum Gasteiger partial charge on any atom is 0.234 e. The smallest absolute Gasteiger partial charge is 0.234 e. The van der Waals surface area contributed by atoms with Gasteiger partial charge >= 0.3 is 0 Å². The van der Waals surface area contributed by atoms with Crippen molar-refractivity contribution >= 4 is 5.91 Å². The maximum absolute atomic E-state index is 11.7. The van der Waals surface area contributed by atoms with Crippen LogP contribution in [-0.4, -0.2) is 27.2 Å². The van der Waals surface area contributed by atoms with Crippen LogP contribution in [-0.2, 0) is 24.4 Å². The minimum atomic E-state index is -0.0274. The van der Waals surface area contributed by atoms with Crippen molar-refractivity contribution in [3.8, 4) is 0 Å². The molecule has 1 aromatic heterocycles. The van der Waals surface area contributed by atoms with E-state index in [0.29, 0.717) is 13.1 Å². The number of amides is 1. The second kappa shape index (κ2) is 8.16. The number of carbonyl (C=O) groups excluding carboxylic acids is 1. The molecule has 21 heavy (non-hydrogen) atoms. The van der Waals surface area contributed by atoms with Crippen molar-refractivity contribution in [1.29, 1.82) is 0 Å². The number of aryl methyl sites for hydroxylation is 1. The van der Waals surface area contributed by atoms with Gasteiger partial charge in [-0.2, -0.15) is 5.10 Å². The molecule has 6 nitrogen and oxygen atoms in total. The topological polar surface area (TPSA) is 71.8 Å². The van der Waals surface area contributed by atoms with Gasteiger partial charge in [0.15, 0.2) is 0 Å². The van der Waals surface area contributed by atoms with Crippen LogP contribution in [0.25, 0.3) is 0 Å². The monoisotopic (exact) mass is 287 g/mol. The molecule has 2 aromatic rings. The van der Waals surface area contributed by atoms with E-state index in [-0.39, 0.29) is 12.5 Å². The first kappa shape index (κ1) is 15.2. The van der Waals surface area contributed by atoms with Crippen LogP contribution >= 0.6 is 0 Å². The highest BCUT2D eigenvalue weighted by Crippen LogP contribution is 1.97. The second-order valence-corrected chi connectivity index (χ2v) is 4.77. The van der Waals surface area contributed by atoms with Gasteiger partial charge in [-0.3, -0.25) is 4.79 Å². The predicted octanol–water partition coefficient (Wildman–Crippen LogP) is 1.09. The highest BCUT2D eigenvalue weighted by molar-refractivity contribution is 5.77. The van der Waals surface area contributed by atoms with Crippen molar-refractivity contribution in [2.24, 2.45) is 0 Å². The first-order chi connectivity index (χ1) is 10.3. The van der Waals surface area contributed by atoms with Gasteiger partial charge in [0.05, 0.1) is 13.1 Å². The summed E-state index contributed by atoms with van der Waals surface area (Å²) >= 11 is 0. The third-order valence-corrected chi connectivity index (χ3v) is 3.03. The van der Waals surface area contributed by atoms with Crippen molar-refractivity contribution in [3.63, 3.8) is 0 Å². The molecule has 1 aromatic carbocycles. The number of nitrogens with one attached hydrogen (secondary N) is 2. The summed E-state index contributed by atoms with van der Waals surface area (Å²) in [5.41, 5.74) is 1.09. The predicted molar refractivity (Wildman–Crippen MR) is 80.3 cm³/mol. The Bertz CT molecular complexity index is 552. The summed E-state index contributed by atoms with van der Waals surface area (Å²) in [5, 5.41) is 10.1. The van der Waals surface area contributed by atoms with Crippen LogP contribution in [0.15, 0.2) is 36.7 Å². The summed E-state index contributed by atoms with van der Waals surface area (Å²) in [7, 11) is 0. The Labute approximate surface area is 124 Å². The summed E-state index contributed by atoms with van der Waals surface area (Å²) in [5.74, 6) is 0.827. The van der Waals surface area contributed by atoms with Crippen LogP contribution in [0, 0.1) is 0 Å². The fraction of sp³-hybridized carbons (Fsp3) is 0.400. The molecule has 1 heterocycles. The Morgan fingerprint density at radius 2 is 2.05 bits per heavy atom. The van der Waals surface area contributed by atoms with Gasteiger partial charge in [0, 0.05) is 13.1 Å². The van der Waals surface area contributed by atoms with Gasteiger partial charge < -0.3 is 10.6 Å². The molecule has 0 aliphatic heterocycles. The van der Waals surface area contributed by atoms with Gasteiger partial charge in [0.25, 0.3) is 0 Å². The van der Waals surface area contributed by atoms with Gasteiger partial charge in [-0.15, -0.1) is 0 Å². The van der Waals surface area contributed by atoms with Crippen LogP contribution in [0.4, 0.5) is 0 Å². The Morgan fingerprint density at radius 1 is 1.24 bits per heavy atom. The van der Waals surface area contributed by atoms with Crippen molar-refractivity contribution < 1.29 is 4.79 Å². The molecule has 6 heteroatoms. The van der Waals surface area contributed by atoms with E-state index < -0.39 is 0 Å². The molecule has 2 rings (SSSR count). The zero-order valence-corrected chi connectivity index (χ0v) is 12.2. The van der Waals surface area contributed by atoms with E-state index in [9.17, 15) is 4.79 Å². The number of benzene rings is 1. The summed E-state index contributed by atoms with van der Waals surface area (Å²) in [6, 6.07) is 9.85. The van der Waals surface area contributed by atoms with E-state index in [1.165, 1.54) is 0 Å². The minimum absolute atomic E-state index is 0.0274. The van der Waals surface area contributed by atoms with Crippen LogP contribution in [0.3, 0.4) is 0 Å². The standard InChI is InChI=1S/C15H21N5O/c1-2-8-20-14(18-12-19-20)10-16-11-15(21)17-9-13-6-4-3-5-7-13/h3-7,12,16H,2,8-11H2,1H3,(H,17,21). The van der Waals surface area contributed by atoms with E-state index >= 15 is 0 Å². The van der Waals surface area contributed by atoms with E-state index in [0.717, 1.165) is 24.4 Å². The zero-order valence-electron chi connectivity index (χ0n) is 12.2. The molecule has 0 saturated carbocycles. The first-order valence-electron chi connectivity index (χ1n) is 7.17. The molecule has 0 unspecified atom stereocenters. The zero-order chi connectivity index (χ0) is 14.9. The van der Waals surface area contributed by atoms with E-state index in [4.69, 9.17) is 0 Å². The quantitative estimate of drug-likeness (QED) is 0.762. The summed E-state index contributed by atoms with van der Waals surface area (Å²) in [6.07, 6.45) is 2.55. The molecule has 0 atom stereocenters. The number of hydrogen-bond donors (Lipinski definition) is 2. The summed E-state index contributed by atoms with van der Waals surface area (Å²) in [6.45, 7) is 4.30. The summed E-state index contributed by atoms with van der Waals surface area (Å²) in [4.78, 5) is 15.9. The largest absolute Gasteiger partial charge is 0.351 e. The number of rotatable bonds is 8. The van der Waals surface area contributed by atoms with Crippen LogP contribution in [0.1, 0.15) is 24.7 Å². The molecule has 0 radical (unpaired) electrons. The molecular weight excluding hydrogens is 266 g/mol. The lowest BCUT2D eigenvalue weighted by molar-refractivity contribution is -0.120. The van der Waals surface area contributed by atoms with Crippen molar-refractivity contribution in [1.82, 2.24) is 25.4 Å². The molecular formula is C15H21N5O. The van der Waals surface area contributed by atoms with E-state index in [1.54, 1.807) is 6.33 Å². The Morgan fingerprint density at radius 3 is 2.81 bits per heavy atom. The lowest BCUT2D eigenvalue weighted by Gasteiger charge is -2.07. The molecule has 1 amide bonds. The molecule has 0 fully saturated rings. The average Bonchev–Trinajstić information content (AvgIpc) is 2.94. The number of carbonyl (C=O) groups is 1. The van der Waals surface area contributed by atoms with Gasteiger partial charge in [-0.1, -0.05) is 37.3 Å². The molecule has 112 valence electrons. The second-order valence-electron chi connectivity index (χ2n) is 4.77. The minimum Gasteiger partial charge on any atom is -0.351 e. The molecule has 0 bridgehead atoms. The van der Waals surface area contributed by atoms with Gasteiger partial charge in [0.1, 0.15) is 12.2 Å². The molecule has 0 spiro atoms. The molecule has 0 aliphatic carbocycles. The Kier molecular flexibility index (Phi) is 5.90. The number of aromatic nitrogens is 3. The first-order valence-corrected chi connectivity index (χ1v) is 7.17. The lowest BCUT2D eigenvalue weighted by Crippen LogP contribution is -2.33. The normalized spacial score (nSPS) is 10.5. The third kappa shape index (κ3) is 5.00. The van der Waals surface area contributed by atoms with E-state index in [1.807, 2.05) is 35.0 Å². The van der Waals surface area contributed by atoms with Crippen LogP contribution in [0.2, 0.25) is 0 Å². The van der Waals surface area contributed by atoms with Crippen LogP contribution < -0.4 is 10.6 Å². The average molecular weight is 287 g/mol. The maximum atomic E-state index is 11.7. The highest BCUT2D eigenvalue weighted by atomic mass is 16.1. The van der Waals surface area contributed by atoms with Crippen molar-refractivity contribution in [2.45, 2.75) is 33.0 Å². The lowest BCUT2D eigenvalue weighted by atomic mass is 10.2. The molecule has 0 saturated heterocycles. The van der Waals surface area contributed by atoms with Gasteiger partial charge in [0.2, 0.25) is 5.91 Å². The fourth-order valence-corrected chi connectivity index (χ4v) is 1.97. The third-order valence-electron chi connectivity index (χ3n) is 3.03. The Hall–Kier alpha value is -2.21. The van der Waals surface area contributed by atoms with Crippen molar-refractivity contribution in [2.75, 3.05) is 6.54 Å².